The maximum atomic E-state index is 12.1. The van der Waals surface area contributed by atoms with E-state index >= 15 is 0 Å². The second-order valence-electron chi connectivity index (χ2n) is 7.48. The molecule has 3 aromatic rings. The molecule has 4 rings (SSSR count). The van der Waals surface area contributed by atoms with E-state index in [2.05, 4.69) is 15.3 Å². The number of rotatable bonds is 5. The maximum Gasteiger partial charge on any atom is 0.325 e. The summed E-state index contributed by atoms with van der Waals surface area (Å²) in [6.45, 7) is 1.60. The Bertz CT molecular complexity index is 1110. The Morgan fingerprint density at radius 3 is 2.87 bits per heavy atom. The number of nitrogens with zero attached hydrogens (tertiary/aromatic N) is 2. The molecule has 1 aliphatic rings. The van der Waals surface area contributed by atoms with E-state index in [-0.39, 0.29) is 19.1 Å². The number of benzene rings is 1. The molecule has 7 nitrogen and oxygen atoms in total. The molecular weight excluding hydrogens is 400 g/mol. The summed E-state index contributed by atoms with van der Waals surface area (Å²) in [7, 11) is 0. The Labute approximate surface area is 178 Å². The van der Waals surface area contributed by atoms with E-state index in [1.165, 1.54) is 23.3 Å². The minimum atomic E-state index is -0.555. The Balaban J connectivity index is 1.37. The number of nitrogens with two attached hydrogens (primary N) is 1. The molecule has 1 aliphatic carbocycles. The summed E-state index contributed by atoms with van der Waals surface area (Å²) in [5.41, 5.74) is 8.98. The Kier molecular flexibility index (Phi) is 5.94. The van der Waals surface area contributed by atoms with Gasteiger partial charge in [0.25, 0.3) is 5.91 Å². The average Bonchev–Trinajstić information content (AvgIpc) is 2.92. The van der Waals surface area contributed by atoms with Crippen molar-refractivity contribution in [2.75, 3.05) is 12.3 Å². The van der Waals surface area contributed by atoms with Gasteiger partial charge in [-0.25, -0.2) is 9.97 Å². The van der Waals surface area contributed by atoms with Gasteiger partial charge in [0.1, 0.15) is 17.2 Å². The SMILES string of the molecule is Cc1cccc(C(=O)NCC(=O)OCc2nc(N)c3c4c(sc3n2)CCCCC4)c1. The second kappa shape index (κ2) is 8.79. The summed E-state index contributed by atoms with van der Waals surface area (Å²) in [5, 5.41) is 3.52. The Morgan fingerprint density at radius 1 is 1.20 bits per heavy atom. The predicted octanol–water partition coefficient (Wildman–Crippen LogP) is 3.32. The van der Waals surface area contributed by atoms with Gasteiger partial charge in [-0.3, -0.25) is 9.59 Å². The van der Waals surface area contributed by atoms with Crippen LogP contribution in [0.2, 0.25) is 0 Å². The van der Waals surface area contributed by atoms with Gasteiger partial charge >= 0.3 is 5.97 Å². The van der Waals surface area contributed by atoms with Gasteiger partial charge in [0.2, 0.25) is 0 Å². The molecule has 1 amide bonds. The van der Waals surface area contributed by atoms with Crippen molar-refractivity contribution in [1.82, 2.24) is 15.3 Å². The molecule has 8 heteroatoms. The van der Waals surface area contributed by atoms with Crippen molar-refractivity contribution in [3.63, 3.8) is 0 Å². The number of esters is 1. The predicted molar refractivity (Wildman–Crippen MR) is 116 cm³/mol. The molecule has 0 unspecified atom stereocenters. The van der Waals surface area contributed by atoms with Crippen LogP contribution in [0.3, 0.4) is 0 Å². The minimum Gasteiger partial charge on any atom is -0.456 e. The minimum absolute atomic E-state index is 0.0815. The van der Waals surface area contributed by atoms with Crippen LogP contribution in [0, 0.1) is 6.92 Å². The molecule has 1 aromatic carbocycles. The third-order valence-corrected chi connectivity index (χ3v) is 6.36. The van der Waals surface area contributed by atoms with Crippen LogP contribution in [0.4, 0.5) is 5.82 Å². The lowest BCUT2D eigenvalue weighted by Gasteiger charge is -2.08. The maximum absolute atomic E-state index is 12.1. The van der Waals surface area contributed by atoms with Gasteiger partial charge in [-0.05, 0) is 50.3 Å². The first kappa shape index (κ1) is 20.3. The number of hydrogen-bond acceptors (Lipinski definition) is 7. The first-order valence-electron chi connectivity index (χ1n) is 10.1. The second-order valence-corrected chi connectivity index (χ2v) is 8.57. The zero-order valence-corrected chi connectivity index (χ0v) is 17.7. The fraction of sp³-hybridized carbons (Fsp3) is 0.364. The van der Waals surface area contributed by atoms with Crippen LogP contribution in [0.15, 0.2) is 24.3 Å². The van der Waals surface area contributed by atoms with Gasteiger partial charge < -0.3 is 15.8 Å². The zero-order valence-electron chi connectivity index (χ0n) is 16.9. The molecule has 0 saturated carbocycles. The van der Waals surface area contributed by atoms with Crippen molar-refractivity contribution in [1.29, 1.82) is 0 Å². The number of fused-ring (bicyclic) bond motifs is 3. The average molecular weight is 425 g/mol. The highest BCUT2D eigenvalue weighted by molar-refractivity contribution is 7.19. The summed E-state index contributed by atoms with van der Waals surface area (Å²) in [6.07, 6.45) is 5.65. The number of ether oxygens (including phenoxy) is 1. The fourth-order valence-electron chi connectivity index (χ4n) is 3.71. The van der Waals surface area contributed by atoms with Crippen LogP contribution >= 0.6 is 11.3 Å². The van der Waals surface area contributed by atoms with Crippen LogP contribution in [-0.2, 0) is 29.0 Å². The van der Waals surface area contributed by atoms with Crippen LogP contribution < -0.4 is 11.1 Å². The van der Waals surface area contributed by atoms with Crippen molar-refractivity contribution < 1.29 is 14.3 Å². The van der Waals surface area contributed by atoms with Crippen LogP contribution in [0.1, 0.15) is 51.4 Å². The van der Waals surface area contributed by atoms with E-state index in [1.54, 1.807) is 29.5 Å². The highest BCUT2D eigenvalue weighted by Crippen LogP contribution is 2.37. The Hall–Kier alpha value is -3.00. The molecule has 2 aromatic heterocycles. The monoisotopic (exact) mass is 424 g/mol. The lowest BCUT2D eigenvalue weighted by molar-refractivity contribution is -0.143. The summed E-state index contributed by atoms with van der Waals surface area (Å²) >= 11 is 1.66. The van der Waals surface area contributed by atoms with Crippen molar-refractivity contribution in [2.45, 2.75) is 45.6 Å². The number of amides is 1. The summed E-state index contributed by atoms with van der Waals surface area (Å²) in [4.78, 5) is 35.3. The number of carbonyl (C=O) groups excluding carboxylic acids is 2. The quantitative estimate of drug-likeness (QED) is 0.481. The van der Waals surface area contributed by atoms with E-state index in [0.29, 0.717) is 17.2 Å². The number of anilines is 1. The first-order chi connectivity index (χ1) is 14.5. The molecule has 0 radical (unpaired) electrons. The van der Waals surface area contributed by atoms with Gasteiger partial charge in [0, 0.05) is 10.4 Å². The molecular formula is C22H24N4O3S. The zero-order chi connectivity index (χ0) is 21.1. The van der Waals surface area contributed by atoms with Crippen LogP contribution in [0.5, 0.6) is 0 Å². The molecule has 156 valence electrons. The lowest BCUT2D eigenvalue weighted by atomic mass is 10.1. The lowest BCUT2D eigenvalue weighted by Crippen LogP contribution is -2.30. The number of aromatic nitrogens is 2. The molecule has 0 bridgehead atoms. The number of nitrogens with one attached hydrogen (secondary N) is 1. The number of hydrogen-bond donors (Lipinski definition) is 2. The number of aryl methyl sites for hydroxylation is 3. The number of nitrogen functional groups attached to an aromatic ring is 1. The summed E-state index contributed by atoms with van der Waals surface area (Å²) in [6, 6.07) is 7.15. The van der Waals surface area contributed by atoms with Gasteiger partial charge in [-0.2, -0.15) is 0 Å². The van der Waals surface area contributed by atoms with Gasteiger partial charge in [-0.1, -0.05) is 24.1 Å². The van der Waals surface area contributed by atoms with E-state index < -0.39 is 5.97 Å². The van der Waals surface area contributed by atoms with Crippen molar-refractivity contribution >= 4 is 39.2 Å². The molecule has 0 atom stereocenters. The molecule has 0 aliphatic heterocycles. The van der Waals surface area contributed by atoms with Gasteiger partial charge in [0.05, 0.1) is 5.39 Å². The largest absolute Gasteiger partial charge is 0.456 e. The van der Waals surface area contributed by atoms with E-state index in [1.807, 2.05) is 13.0 Å². The first-order valence-corrected chi connectivity index (χ1v) is 10.9. The van der Waals surface area contributed by atoms with E-state index in [0.717, 1.165) is 35.0 Å². The highest BCUT2D eigenvalue weighted by Gasteiger charge is 2.19. The van der Waals surface area contributed by atoms with Crippen molar-refractivity contribution in [3.8, 4) is 0 Å². The number of thiophene rings is 1. The van der Waals surface area contributed by atoms with E-state index in [4.69, 9.17) is 10.5 Å². The third kappa shape index (κ3) is 4.43. The normalized spacial score (nSPS) is 13.5. The third-order valence-electron chi connectivity index (χ3n) is 5.17. The molecule has 2 heterocycles. The van der Waals surface area contributed by atoms with Crippen LogP contribution in [0.25, 0.3) is 10.2 Å². The standard InChI is InChI=1S/C22H24N4O3S/c1-13-6-5-7-14(10-13)21(28)24-11-18(27)29-12-17-25-20(23)19-15-8-3-2-4-9-16(15)30-22(19)26-17/h5-7,10H,2-4,8-9,11-12H2,1H3,(H,24,28)(H2,23,25,26). The smallest absolute Gasteiger partial charge is 0.325 e. The molecule has 3 N–H and O–H groups in total. The fourth-order valence-corrected chi connectivity index (χ4v) is 5.00. The van der Waals surface area contributed by atoms with E-state index in [9.17, 15) is 9.59 Å². The molecule has 30 heavy (non-hydrogen) atoms. The molecule has 0 fully saturated rings. The van der Waals surface area contributed by atoms with Crippen LogP contribution in [-0.4, -0.2) is 28.4 Å². The number of carbonyl (C=O) groups is 2. The molecule has 0 saturated heterocycles. The summed E-state index contributed by atoms with van der Waals surface area (Å²) < 4.78 is 5.23. The molecule has 0 spiro atoms. The van der Waals surface area contributed by atoms with Crippen molar-refractivity contribution in [3.05, 3.63) is 51.7 Å². The Morgan fingerprint density at radius 2 is 2.03 bits per heavy atom. The van der Waals surface area contributed by atoms with Crippen molar-refractivity contribution in [2.24, 2.45) is 0 Å². The van der Waals surface area contributed by atoms with Gasteiger partial charge in [-0.15, -0.1) is 11.3 Å². The summed E-state index contributed by atoms with van der Waals surface area (Å²) in [5.74, 6) is -0.0640. The highest BCUT2D eigenvalue weighted by atomic mass is 32.1. The topological polar surface area (TPSA) is 107 Å². The van der Waals surface area contributed by atoms with Gasteiger partial charge in [0.15, 0.2) is 12.4 Å².